The van der Waals surface area contributed by atoms with Crippen LogP contribution in [0.5, 0.6) is 0 Å². The van der Waals surface area contributed by atoms with Crippen molar-refractivity contribution in [2.75, 3.05) is 5.32 Å². The number of rotatable bonds is 5. The second-order valence-electron chi connectivity index (χ2n) is 6.55. The summed E-state index contributed by atoms with van der Waals surface area (Å²) in [4.78, 5) is 21.5. The standard InChI is InChI=1S/C23H18ClN3OS/c1-15-7-2-3-9-17(15)14-29-23-25-13-19(24)21(27-23)22(28)26-20-12-6-10-16-8-4-5-11-18(16)20/h2-13H,14H2,1H3,(H,26,28). The van der Waals surface area contributed by atoms with Gasteiger partial charge in [0.15, 0.2) is 10.9 Å². The highest BCUT2D eigenvalue weighted by atomic mass is 35.5. The molecule has 3 aromatic carbocycles. The number of fused-ring (bicyclic) bond motifs is 1. The third kappa shape index (κ3) is 4.42. The number of halogens is 1. The summed E-state index contributed by atoms with van der Waals surface area (Å²) in [7, 11) is 0. The van der Waals surface area contributed by atoms with Crippen LogP contribution in [0.15, 0.2) is 78.1 Å². The fraction of sp³-hybridized carbons (Fsp3) is 0.0870. The molecule has 0 bridgehead atoms. The van der Waals surface area contributed by atoms with Gasteiger partial charge in [0.05, 0.1) is 11.2 Å². The Kier molecular flexibility index (Phi) is 5.79. The normalized spacial score (nSPS) is 10.8. The molecule has 6 heteroatoms. The monoisotopic (exact) mass is 419 g/mol. The van der Waals surface area contributed by atoms with Gasteiger partial charge in [-0.25, -0.2) is 9.97 Å². The number of nitrogens with zero attached hydrogens (tertiary/aromatic N) is 2. The molecule has 4 rings (SSSR count). The number of carbonyl (C=O) groups is 1. The van der Waals surface area contributed by atoms with Crippen LogP contribution in [0.25, 0.3) is 10.8 Å². The summed E-state index contributed by atoms with van der Waals surface area (Å²) in [5, 5.41) is 5.68. The number of aromatic nitrogens is 2. The maximum atomic E-state index is 12.9. The molecule has 0 atom stereocenters. The van der Waals surface area contributed by atoms with Gasteiger partial charge in [-0.3, -0.25) is 4.79 Å². The van der Waals surface area contributed by atoms with Gasteiger partial charge in [-0.15, -0.1) is 0 Å². The molecular weight excluding hydrogens is 402 g/mol. The van der Waals surface area contributed by atoms with Crippen molar-refractivity contribution in [3.63, 3.8) is 0 Å². The number of benzene rings is 3. The molecule has 1 aromatic heterocycles. The average Bonchev–Trinajstić information content (AvgIpc) is 2.74. The topological polar surface area (TPSA) is 54.9 Å². The first-order valence-electron chi connectivity index (χ1n) is 9.11. The van der Waals surface area contributed by atoms with Crippen molar-refractivity contribution < 1.29 is 4.79 Å². The van der Waals surface area contributed by atoms with E-state index in [0.29, 0.717) is 5.16 Å². The highest BCUT2D eigenvalue weighted by molar-refractivity contribution is 7.98. The number of hydrogen-bond acceptors (Lipinski definition) is 4. The number of amides is 1. The Bertz CT molecular complexity index is 1190. The van der Waals surface area contributed by atoms with Gasteiger partial charge in [0, 0.05) is 16.8 Å². The third-order valence-corrected chi connectivity index (χ3v) is 5.78. The molecule has 0 saturated heterocycles. The van der Waals surface area contributed by atoms with Crippen LogP contribution in [0, 0.1) is 6.92 Å². The van der Waals surface area contributed by atoms with Crippen LogP contribution in [0.1, 0.15) is 21.6 Å². The van der Waals surface area contributed by atoms with E-state index in [0.717, 1.165) is 22.2 Å². The molecule has 0 unspecified atom stereocenters. The molecule has 0 aliphatic heterocycles. The lowest BCUT2D eigenvalue weighted by molar-refractivity contribution is 0.102. The van der Waals surface area contributed by atoms with Crippen LogP contribution < -0.4 is 5.32 Å². The van der Waals surface area contributed by atoms with Gasteiger partial charge >= 0.3 is 0 Å². The molecule has 4 nitrogen and oxygen atoms in total. The van der Waals surface area contributed by atoms with E-state index in [1.807, 2.05) is 54.6 Å². The Morgan fingerprint density at radius 1 is 1.03 bits per heavy atom. The van der Waals surface area contributed by atoms with Gasteiger partial charge in [0.25, 0.3) is 5.91 Å². The van der Waals surface area contributed by atoms with Crippen LogP contribution in [0.3, 0.4) is 0 Å². The lowest BCUT2D eigenvalue weighted by Crippen LogP contribution is -2.15. The Hall–Kier alpha value is -2.89. The first kappa shape index (κ1) is 19.4. The van der Waals surface area contributed by atoms with E-state index in [-0.39, 0.29) is 16.6 Å². The molecule has 0 saturated carbocycles. The van der Waals surface area contributed by atoms with Crippen LogP contribution in [0.2, 0.25) is 5.02 Å². The van der Waals surface area contributed by atoms with E-state index in [2.05, 4.69) is 34.3 Å². The molecule has 1 heterocycles. The summed E-state index contributed by atoms with van der Waals surface area (Å²) >= 11 is 7.70. The molecule has 144 valence electrons. The molecule has 1 N–H and O–H groups in total. The second kappa shape index (κ2) is 8.64. The first-order valence-corrected chi connectivity index (χ1v) is 10.5. The molecule has 0 radical (unpaired) electrons. The minimum absolute atomic E-state index is 0.168. The van der Waals surface area contributed by atoms with E-state index in [9.17, 15) is 4.79 Å². The summed E-state index contributed by atoms with van der Waals surface area (Å²) in [6.45, 7) is 2.07. The van der Waals surface area contributed by atoms with Crippen LogP contribution >= 0.6 is 23.4 Å². The summed E-state index contributed by atoms with van der Waals surface area (Å²) in [6, 6.07) is 21.8. The minimum atomic E-state index is -0.355. The maximum absolute atomic E-state index is 12.9. The molecular formula is C23H18ClN3OS. The van der Waals surface area contributed by atoms with Crippen LogP contribution in [-0.4, -0.2) is 15.9 Å². The summed E-state index contributed by atoms with van der Waals surface area (Å²) in [5.74, 6) is 0.366. The summed E-state index contributed by atoms with van der Waals surface area (Å²) in [5.41, 5.74) is 3.31. The number of thioether (sulfide) groups is 1. The van der Waals surface area contributed by atoms with Crippen LogP contribution in [0.4, 0.5) is 5.69 Å². The van der Waals surface area contributed by atoms with E-state index in [4.69, 9.17) is 11.6 Å². The van der Waals surface area contributed by atoms with Crippen molar-refractivity contribution in [2.45, 2.75) is 17.8 Å². The summed E-state index contributed by atoms with van der Waals surface area (Å²) in [6.07, 6.45) is 1.48. The molecule has 0 aliphatic carbocycles. The SMILES string of the molecule is Cc1ccccc1CSc1ncc(Cl)c(C(=O)Nc2cccc3ccccc23)n1. The Labute approximate surface area is 178 Å². The zero-order valence-electron chi connectivity index (χ0n) is 15.7. The number of hydrogen-bond donors (Lipinski definition) is 1. The average molecular weight is 420 g/mol. The molecule has 0 spiro atoms. The van der Waals surface area contributed by atoms with Gasteiger partial charge in [0.2, 0.25) is 0 Å². The van der Waals surface area contributed by atoms with E-state index >= 15 is 0 Å². The van der Waals surface area contributed by atoms with Gasteiger partial charge < -0.3 is 5.32 Å². The molecule has 29 heavy (non-hydrogen) atoms. The van der Waals surface area contributed by atoms with Crippen molar-refractivity contribution >= 4 is 45.7 Å². The molecule has 4 aromatic rings. The largest absolute Gasteiger partial charge is 0.320 e. The van der Waals surface area contributed by atoms with Crippen molar-refractivity contribution in [1.29, 1.82) is 0 Å². The highest BCUT2D eigenvalue weighted by Gasteiger charge is 2.16. The third-order valence-electron chi connectivity index (χ3n) is 4.59. The first-order chi connectivity index (χ1) is 14.1. The van der Waals surface area contributed by atoms with Crippen molar-refractivity contribution in [3.05, 3.63) is 94.8 Å². The zero-order chi connectivity index (χ0) is 20.2. The molecule has 0 fully saturated rings. The van der Waals surface area contributed by atoms with Crippen molar-refractivity contribution in [2.24, 2.45) is 0 Å². The molecule has 1 amide bonds. The smallest absolute Gasteiger partial charge is 0.275 e. The predicted molar refractivity (Wildman–Crippen MR) is 120 cm³/mol. The number of aryl methyl sites for hydroxylation is 1. The lowest BCUT2D eigenvalue weighted by Gasteiger charge is -2.10. The fourth-order valence-electron chi connectivity index (χ4n) is 3.01. The Balaban J connectivity index is 1.55. The lowest BCUT2D eigenvalue weighted by atomic mass is 10.1. The van der Waals surface area contributed by atoms with E-state index < -0.39 is 0 Å². The predicted octanol–water partition coefficient (Wildman–Crippen LogP) is 6.14. The second-order valence-corrected chi connectivity index (χ2v) is 7.89. The van der Waals surface area contributed by atoms with E-state index in [1.54, 1.807) is 0 Å². The Morgan fingerprint density at radius 2 is 1.79 bits per heavy atom. The quantitative estimate of drug-likeness (QED) is 0.312. The van der Waals surface area contributed by atoms with Crippen molar-refractivity contribution in [3.8, 4) is 0 Å². The van der Waals surface area contributed by atoms with Gasteiger partial charge in [0.1, 0.15) is 0 Å². The number of carbonyl (C=O) groups excluding carboxylic acids is 1. The summed E-state index contributed by atoms with van der Waals surface area (Å²) < 4.78 is 0. The van der Waals surface area contributed by atoms with Gasteiger partial charge in [-0.2, -0.15) is 0 Å². The van der Waals surface area contributed by atoms with Gasteiger partial charge in [-0.1, -0.05) is 84.0 Å². The van der Waals surface area contributed by atoms with Crippen LogP contribution in [-0.2, 0) is 5.75 Å². The fourth-order valence-corrected chi connectivity index (χ4v) is 4.08. The highest BCUT2D eigenvalue weighted by Crippen LogP contribution is 2.26. The van der Waals surface area contributed by atoms with Gasteiger partial charge in [-0.05, 0) is 29.5 Å². The molecule has 0 aliphatic rings. The maximum Gasteiger partial charge on any atom is 0.275 e. The number of nitrogens with one attached hydrogen (secondary N) is 1. The van der Waals surface area contributed by atoms with E-state index in [1.165, 1.54) is 29.1 Å². The number of anilines is 1. The Morgan fingerprint density at radius 3 is 2.66 bits per heavy atom. The zero-order valence-corrected chi connectivity index (χ0v) is 17.3. The minimum Gasteiger partial charge on any atom is -0.320 e. The van der Waals surface area contributed by atoms with Crippen molar-refractivity contribution in [1.82, 2.24) is 9.97 Å².